The summed E-state index contributed by atoms with van der Waals surface area (Å²) in [6.45, 7) is 0.513. The molecular formula is C9H14N4O. The van der Waals surface area contributed by atoms with Crippen molar-refractivity contribution in [2.75, 3.05) is 12.3 Å². The zero-order valence-corrected chi connectivity index (χ0v) is 7.92. The molecule has 0 aromatic carbocycles. The summed E-state index contributed by atoms with van der Waals surface area (Å²) >= 11 is 0. The fourth-order valence-electron chi connectivity index (χ4n) is 1.87. The van der Waals surface area contributed by atoms with Crippen molar-refractivity contribution >= 4 is 5.82 Å². The van der Waals surface area contributed by atoms with Crippen molar-refractivity contribution in [2.45, 2.75) is 24.7 Å². The number of nitrogens with one attached hydrogen (secondary N) is 1. The van der Waals surface area contributed by atoms with Crippen LogP contribution in [0.5, 0.6) is 0 Å². The first-order valence-electron chi connectivity index (χ1n) is 4.74. The van der Waals surface area contributed by atoms with Gasteiger partial charge in [-0.05, 0) is 12.8 Å². The van der Waals surface area contributed by atoms with Gasteiger partial charge in [0.25, 0.3) is 5.56 Å². The van der Waals surface area contributed by atoms with E-state index < -0.39 is 0 Å². The Morgan fingerprint density at radius 3 is 2.71 bits per heavy atom. The number of anilines is 1. The smallest absolute Gasteiger partial charge is 0.252 e. The first-order valence-corrected chi connectivity index (χ1v) is 4.74. The van der Waals surface area contributed by atoms with Crippen LogP contribution < -0.4 is 17.0 Å². The number of nitrogens with two attached hydrogens (primary N) is 2. The second kappa shape index (κ2) is 3.09. The first-order chi connectivity index (χ1) is 6.66. The molecule has 0 spiro atoms. The molecule has 1 aliphatic rings. The zero-order chi connectivity index (χ0) is 10.2. The molecule has 5 heteroatoms. The number of hydrogen-bond donors (Lipinski definition) is 3. The van der Waals surface area contributed by atoms with E-state index in [1.165, 1.54) is 6.07 Å². The standard InChI is InChI=1S/C9H14N4O/c10-5-9(2-1-3-9)8-12-6(11)4-7(14)13-8/h4H,1-3,5,10H2,(H3,11,12,13,14). The Kier molecular flexibility index (Phi) is 2.03. The second-order valence-corrected chi connectivity index (χ2v) is 3.86. The van der Waals surface area contributed by atoms with Crippen molar-refractivity contribution in [1.82, 2.24) is 9.97 Å². The Labute approximate surface area is 81.5 Å². The monoisotopic (exact) mass is 194 g/mol. The van der Waals surface area contributed by atoms with Crippen molar-refractivity contribution < 1.29 is 0 Å². The molecule has 0 unspecified atom stereocenters. The SMILES string of the molecule is NCC1(c2nc(N)cc(=O)[nH]2)CCC1. The third-order valence-electron chi connectivity index (χ3n) is 2.97. The van der Waals surface area contributed by atoms with E-state index >= 15 is 0 Å². The van der Waals surface area contributed by atoms with Crippen molar-refractivity contribution in [3.63, 3.8) is 0 Å². The lowest BCUT2D eigenvalue weighted by molar-refractivity contribution is 0.238. The molecular weight excluding hydrogens is 180 g/mol. The van der Waals surface area contributed by atoms with Crippen LogP contribution in [0.3, 0.4) is 0 Å². The maximum Gasteiger partial charge on any atom is 0.252 e. The van der Waals surface area contributed by atoms with E-state index in [1.807, 2.05) is 0 Å². The predicted molar refractivity (Wildman–Crippen MR) is 53.9 cm³/mol. The van der Waals surface area contributed by atoms with E-state index in [1.54, 1.807) is 0 Å². The highest BCUT2D eigenvalue weighted by Crippen LogP contribution is 2.40. The van der Waals surface area contributed by atoms with Crippen LogP contribution >= 0.6 is 0 Å². The van der Waals surface area contributed by atoms with Crippen molar-refractivity contribution in [3.05, 3.63) is 22.2 Å². The quantitative estimate of drug-likeness (QED) is 0.603. The summed E-state index contributed by atoms with van der Waals surface area (Å²) in [5.41, 5.74) is 10.9. The van der Waals surface area contributed by atoms with Gasteiger partial charge in [-0.15, -0.1) is 0 Å². The molecule has 0 amide bonds. The van der Waals surface area contributed by atoms with E-state index in [-0.39, 0.29) is 16.8 Å². The van der Waals surface area contributed by atoms with E-state index in [0.29, 0.717) is 12.4 Å². The van der Waals surface area contributed by atoms with E-state index in [4.69, 9.17) is 11.5 Å². The Hall–Kier alpha value is -1.36. The van der Waals surface area contributed by atoms with Gasteiger partial charge in [-0.3, -0.25) is 4.79 Å². The molecule has 0 bridgehead atoms. The summed E-state index contributed by atoms with van der Waals surface area (Å²) in [5.74, 6) is 0.916. The minimum absolute atomic E-state index is 0.130. The van der Waals surface area contributed by atoms with Gasteiger partial charge in [0.05, 0.1) is 0 Å². The Morgan fingerprint density at radius 1 is 1.57 bits per heavy atom. The molecule has 2 rings (SSSR count). The summed E-state index contributed by atoms with van der Waals surface area (Å²) in [7, 11) is 0. The highest BCUT2D eigenvalue weighted by molar-refractivity contribution is 5.28. The molecule has 0 atom stereocenters. The molecule has 5 nitrogen and oxygen atoms in total. The van der Waals surface area contributed by atoms with Gasteiger partial charge in [0.15, 0.2) is 0 Å². The van der Waals surface area contributed by atoms with Gasteiger partial charge in [-0.1, -0.05) is 6.42 Å². The topological polar surface area (TPSA) is 97.8 Å². The van der Waals surface area contributed by atoms with Crippen LogP contribution in [0.25, 0.3) is 0 Å². The van der Waals surface area contributed by atoms with Crippen LogP contribution in [0.1, 0.15) is 25.1 Å². The molecule has 0 radical (unpaired) electrons. The molecule has 76 valence electrons. The number of aromatic amines is 1. The normalized spacial score (nSPS) is 18.9. The van der Waals surface area contributed by atoms with Crippen LogP contribution in [0.2, 0.25) is 0 Å². The lowest BCUT2D eigenvalue weighted by Gasteiger charge is -2.39. The number of nitrogen functional groups attached to an aromatic ring is 1. The van der Waals surface area contributed by atoms with Gasteiger partial charge in [0.2, 0.25) is 0 Å². The van der Waals surface area contributed by atoms with Crippen molar-refractivity contribution in [1.29, 1.82) is 0 Å². The predicted octanol–water partition coefficient (Wildman–Crippen LogP) is -0.268. The summed E-state index contributed by atoms with van der Waals surface area (Å²) in [4.78, 5) is 18.1. The lowest BCUT2D eigenvalue weighted by atomic mass is 9.68. The number of rotatable bonds is 2. The minimum Gasteiger partial charge on any atom is -0.383 e. The van der Waals surface area contributed by atoms with Crippen LogP contribution in [0, 0.1) is 0 Å². The Balaban J connectivity index is 2.44. The summed E-state index contributed by atoms with van der Waals surface area (Å²) in [6.07, 6.45) is 3.10. The Morgan fingerprint density at radius 2 is 2.29 bits per heavy atom. The van der Waals surface area contributed by atoms with E-state index in [0.717, 1.165) is 19.3 Å². The fourth-order valence-corrected chi connectivity index (χ4v) is 1.87. The third kappa shape index (κ3) is 1.29. The van der Waals surface area contributed by atoms with Gasteiger partial charge in [-0.25, -0.2) is 4.98 Å². The van der Waals surface area contributed by atoms with Gasteiger partial charge in [0.1, 0.15) is 11.6 Å². The van der Waals surface area contributed by atoms with Crippen molar-refractivity contribution in [2.24, 2.45) is 5.73 Å². The number of aromatic nitrogens is 2. The van der Waals surface area contributed by atoms with Crippen LogP contribution in [-0.2, 0) is 5.41 Å². The van der Waals surface area contributed by atoms with Gasteiger partial charge in [0, 0.05) is 18.0 Å². The van der Waals surface area contributed by atoms with E-state index in [2.05, 4.69) is 9.97 Å². The molecule has 1 heterocycles. The van der Waals surface area contributed by atoms with Crippen LogP contribution in [0.15, 0.2) is 10.9 Å². The average molecular weight is 194 g/mol. The highest BCUT2D eigenvalue weighted by atomic mass is 16.1. The lowest BCUT2D eigenvalue weighted by Crippen LogP contribution is -2.44. The summed E-state index contributed by atoms with van der Waals surface area (Å²) in [5, 5.41) is 0. The third-order valence-corrected chi connectivity index (χ3v) is 2.97. The summed E-state index contributed by atoms with van der Waals surface area (Å²) < 4.78 is 0. The number of H-pyrrole nitrogens is 1. The molecule has 5 N–H and O–H groups in total. The molecule has 1 fully saturated rings. The van der Waals surface area contributed by atoms with Gasteiger partial charge in [-0.2, -0.15) is 0 Å². The van der Waals surface area contributed by atoms with Crippen LogP contribution in [-0.4, -0.2) is 16.5 Å². The molecule has 1 aliphatic carbocycles. The van der Waals surface area contributed by atoms with Gasteiger partial charge >= 0.3 is 0 Å². The number of hydrogen-bond acceptors (Lipinski definition) is 4. The average Bonchev–Trinajstić information content (AvgIpc) is 2.01. The molecule has 14 heavy (non-hydrogen) atoms. The molecule has 0 aliphatic heterocycles. The first kappa shape index (κ1) is 9.21. The van der Waals surface area contributed by atoms with Gasteiger partial charge < -0.3 is 16.5 Å². The Bertz CT molecular complexity index is 389. The van der Waals surface area contributed by atoms with E-state index in [9.17, 15) is 4.79 Å². The molecule has 1 saturated carbocycles. The number of nitrogens with zero attached hydrogens (tertiary/aromatic N) is 1. The molecule has 0 saturated heterocycles. The largest absolute Gasteiger partial charge is 0.383 e. The highest BCUT2D eigenvalue weighted by Gasteiger charge is 2.39. The fraction of sp³-hybridized carbons (Fsp3) is 0.556. The molecule has 1 aromatic heterocycles. The molecule has 1 aromatic rings. The second-order valence-electron chi connectivity index (χ2n) is 3.86. The summed E-state index contributed by atoms with van der Waals surface area (Å²) in [6, 6.07) is 1.28. The maximum atomic E-state index is 11.2. The van der Waals surface area contributed by atoms with Crippen molar-refractivity contribution in [3.8, 4) is 0 Å². The maximum absolute atomic E-state index is 11.2. The van der Waals surface area contributed by atoms with Crippen LogP contribution in [0.4, 0.5) is 5.82 Å². The minimum atomic E-state index is -0.202. The zero-order valence-electron chi connectivity index (χ0n) is 7.92.